The number of halogens is 2. The number of hydrogen-bond donors (Lipinski definition) is 1. The average molecular weight is 333 g/mol. The van der Waals surface area contributed by atoms with Gasteiger partial charge in [0, 0.05) is 25.3 Å². The van der Waals surface area contributed by atoms with E-state index in [9.17, 15) is 4.79 Å². The van der Waals surface area contributed by atoms with Crippen molar-refractivity contribution in [1.82, 2.24) is 10.3 Å². The van der Waals surface area contributed by atoms with E-state index in [0.29, 0.717) is 25.3 Å². The van der Waals surface area contributed by atoms with Gasteiger partial charge in [0.2, 0.25) is 0 Å². The summed E-state index contributed by atoms with van der Waals surface area (Å²) in [4.78, 5) is 15.7. The number of amides is 1. The third kappa shape index (κ3) is 5.79. The summed E-state index contributed by atoms with van der Waals surface area (Å²) in [7, 11) is 0. The van der Waals surface area contributed by atoms with Crippen LogP contribution in [0.25, 0.3) is 0 Å². The molecule has 21 heavy (non-hydrogen) atoms. The number of carbonyl (C=O) groups is 1. The highest BCUT2D eigenvalue weighted by Gasteiger charge is 2.15. The Kier molecular flexibility index (Phi) is 6.70. The predicted octanol–water partition coefficient (Wildman–Crippen LogP) is 2.70. The lowest BCUT2D eigenvalue weighted by atomic mass is 10.2. The first-order valence-corrected chi connectivity index (χ1v) is 7.71. The standard InChI is InChI=1S/C14H18Cl2N2O3/c15-12-7-10(8-13(16)18-12)14(19)17-4-2-5-20-9-11-3-1-6-21-11/h7-8,11H,1-6,9H2,(H,17,19). The van der Waals surface area contributed by atoms with Crippen LogP contribution in [0, 0.1) is 0 Å². The van der Waals surface area contributed by atoms with Gasteiger partial charge in [-0.15, -0.1) is 0 Å². The van der Waals surface area contributed by atoms with Gasteiger partial charge in [0.25, 0.3) is 5.91 Å². The number of ether oxygens (including phenoxy) is 2. The molecule has 2 rings (SSSR count). The maximum atomic E-state index is 11.9. The molecule has 1 aliphatic heterocycles. The van der Waals surface area contributed by atoms with Gasteiger partial charge in [0.1, 0.15) is 10.3 Å². The van der Waals surface area contributed by atoms with Crippen molar-refractivity contribution in [3.8, 4) is 0 Å². The van der Waals surface area contributed by atoms with E-state index in [1.165, 1.54) is 12.1 Å². The Hall–Kier alpha value is -0.880. The molecule has 1 unspecified atom stereocenters. The fraction of sp³-hybridized carbons (Fsp3) is 0.571. The Morgan fingerprint density at radius 2 is 2.19 bits per heavy atom. The summed E-state index contributed by atoms with van der Waals surface area (Å²) in [6, 6.07) is 2.97. The number of rotatable bonds is 7. The van der Waals surface area contributed by atoms with E-state index in [1.807, 2.05) is 0 Å². The van der Waals surface area contributed by atoms with Crippen LogP contribution >= 0.6 is 23.2 Å². The van der Waals surface area contributed by atoms with E-state index >= 15 is 0 Å². The Labute approximate surface area is 133 Å². The van der Waals surface area contributed by atoms with E-state index in [2.05, 4.69) is 10.3 Å². The summed E-state index contributed by atoms with van der Waals surface area (Å²) in [5.74, 6) is -0.222. The van der Waals surface area contributed by atoms with Gasteiger partial charge >= 0.3 is 0 Å². The topological polar surface area (TPSA) is 60.5 Å². The third-order valence-electron chi connectivity index (χ3n) is 3.10. The lowest BCUT2D eigenvalue weighted by Gasteiger charge is -2.10. The molecule has 2 heterocycles. The molecule has 1 N–H and O–H groups in total. The van der Waals surface area contributed by atoms with Crippen molar-refractivity contribution in [3.05, 3.63) is 28.0 Å². The van der Waals surface area contributed by atoms with E-state index in [0.717, 1.165) is 25.9 Å². The first kappa shape index (κ1) is 16.5. The number of carbonyl (C=O) groups excluding carboxylic acids is 1. The van der Waals surface area contributed by atoms with Crippen molar-refractivity contribution in [2.75, 3.05) is 26.4 Å². The Morgan fingerprint density at radius 3 is 2.86 bits per heavy atom. The number of hydrogen-bond acceptors (Lipinski definition) is 4. The monoisotopic (exact) mass is 332 g/mol. The third-order valence-corrected chi connectivity index (χ3v) is 3.49. The van der Waals surface area contributed by atoms with Crippen LogP contribution in [-0.2, 0) is 9.47 Å². The summed E-state index contributed by atoms with van der Waals surface area (Å²) in [6.07, 6.45) is 3.16. The van der Waals surface area contributed by atoms with Crippen molar-refractivity contribution in [2.45, 2.75) is 25.4 Å². The van der Waals surface area contributed by atoms with Crippen LogP contribution in [0.2, 0.25) is 10.3 Å². The Morgan fingerprint density at radius 1 is 1.43 bits per heavy atom. The van der Waals surface area contributed by atoms with Crippen LogP contribution in [-0.4, -0.2) is 43.4 Å². The molecule has 0 bridgehead atoms. The molecule has 0 aromatic carbocycles. The maximum Gasteiger partial charge on any atom is 0.251 e. The van der Waals surface area contributed by atoms with Crippen molar-refractivity contribution in [2.24, 2.45) is 0 Å². The van der Waals surface area contributed by atoms with E-state index < -0.39 is 0 Å². The van der Waals surface area contributed by atoms with Crippen molar-refractivity contribution < 1.29 is 14.3 Å². The molecule has 116 valence electrons. The molecule has 0 aliphatic carbocycles. The summed E-state index contributed by atoms with van der Waals surface area (Å²) in [6.45, 7) is 2.59. The lowest BCUT2D eigenvalue weighted by Crippen LogP contribution is -2.25. The summed E-state index contributed by atoms with van der Waals surface area (Å²) >= 11 is 11.5. The van der Waals surface area contributed by atoms with Gasteiger partial charge in [-0.05, 0) is 31.4 Å². The zero-order valence-corrected chi connectivity index (χ0v) is 13.1. The molecule has 1 saturated heterocycles. The van der Waals surface area contributed by atoms with Crippen LogP contribution in [0.3, 0.4) is 0 Å². The number of nitrogens with one attached hydrogen (secondary N) is 1. The Bertz CT molecular complexity index is 459. The highest BCUT2D eigenvalue weighted by molar-refractivity contribution is 6.33. The van der Waals surface area contributed by atoms with Crippen molar-refractivity contribution >= 4 is 29.1 Å². The van der Waals surface area contributed by atoms with E-state index in [-0.39, 0.29) is 22.3 Å². The molecule has 1 aromatic rings. The van der Waals surface area contributed by atoms with Gasteiger partial charge in [-0.1, -0.05) is 23.2 Å². The van der Waals surface area contributed by atoms with Gasteiger partial charge in [0.05, 0.1) is 12.7 Å². The van der Waals surface area contributed by atoms with Crippen LogP contribution in [0.5, 0.6) is 0 Å². The van der Waals surface area contributed by atoms with E-state index in [4.69, 9.17) is 32.7 Å². The normalized spacial score (nSPS) is 17.9. The first-order chi connectivity index (χ1) is 10.1. The van der Waals surface area contributed by atoms with Gasteiger partial charge in [-0.3, -0.25) is 4.79 Å². The fourth-order valence-electron chi connectivity index (χ4n) is 2.06. The predicted molar refractivity (Wildman–Crippen MR) is 81.0 cm³/mol. The quantitative estimate of drug-likeness (QED) is 0.616. The van der Waals surface area contributed by atoms with Gasteiger partial charge in [0.15, 0.2) is 0 Å². The number of nitrogens with zero attached hydrogens (tertiary/aromatic N) is 1. The van der Waals surface area contributed by atoms with Crippen LogP contribution in [0.4, 0.5) is 0 Å². The zero-order chi connectivity index (χ0) is 15.1. The second-order valence-corrected chi connectivity index (χ2v) is 5.60. The summed E-state index contributed by atoms with van der Waals surface area (Å²) < 4.78 is 11.0. The second-order valence-electron chi connectivity index (χ2n) is 4.82. The minimum Gasteiger partial charge on any atom is -0.379 e. The molecule has 0 radical (unpaired) electrons. The van der Waals surface area contributed by atoms with Crippen LogP contribution in [0.15, 0.2) is 12.1 Å². The molecule has 0 spiro atoms. The SMILES string of the molecule is O=C(NCCCOCC1CCCO1)c1cc(Cl)nc(Cl)c1. The fourth-order valence-corrected chi connectivity index (χ4v) is 2.53. The van der Waals surface area contributed by atoms with Crippen LogP contribution < -0.4 is 5.32 Å². The molecule has 1 atom stereocenters. The minimum atomic E-state index is -0.222. The lowest BCUT2D eigenvalue weighted by molar-refractivity contribution is 0.0166. The highest BCUT2D eigenvalue weighted by Crippen LogP contribution is 2.14. The molecule has 1 aromatic heterocycles. The summed E-state index contributed by atoms with van der Waals surface area (Å²) in [5.41, 5.74) is 0.403. The minimum absolute atomic E-state index is 0.201. The van der Waals surface area contributed by atoms with Crippen molar-refractivity contribution in [3.63, 3.8) is 0 Å². The highest BCUT2D eigenvalue weighted by atomic mass is 35.5. The van der Waals surface area contributed by atoms with E-state index in [1.54, 1.807) is 0 Å². The number of aromatic nitrogens is 1. The van der Waals surface area contributed by atoms with Gasteiger partial charge < -0.3 is 14.8 Å². The second kappa shape index (κ2) is 8.54. The molecule has 7 heteroatoms. The summed E-state index contributed by atoms with van der Waals surface area (Å²) in [5, 5.41) is 3.19. The largest absolute Gasteiger partial charge is 0.379 e. The van der Waals surface area contributed by atoms with Crippen molar-refractivity contribution in [1.29, 1.82) is 0 Å². The molecule has 1 amide bonds. The first-order valence-electron chi connectivity index (χ1n) is 6.96. The zero-order valence-electron chi connectivity index (χ0n) is 11.6. The molecular formula is C14H18Cl2N2O3. The smallest absolute Gasteiger partial charge is 0.251 e. The molecular weight excluding hydrogens is 315 g/mol. The van der Waals surface area contributed by atoms with Gasteiger partial charge in [-0.2, -0.15) is 0 Å². The molecule has 1 aliphatic rings. The van der Waals surface area contributed by atoms with Crippen LogP contribution in [0.1, 0.15) is 29.6 Å². The molecule has 5 nitrogen and oxygen atoms in total. The van der Waals surface area contributed by atoms with Gasteiger partial charge in [-0.25, -0.2) is 4.98 Å². The average Bonchev–Trinajstić information content (AvgIpc) is 2.94. The Balaban J connectivity index is 1.60. The number of pyridine rings is 1. The maximum absolute atomic E-state index is 11.9. The molecule has 1 fully saturated rings. The molecule has 0 saturated carbocycles.